The Labute approximate surface area is 87.6 Å². The van der Waals surface area contributed by atoms with E-state index in [1.165, 1.54) is 32.4 Å². The molecule has 0 amide bonds. The van der Waals surface area contributed by atoms with Crippen molar-refractivity contribution in [1.29, 1.82) is 0 Å². The van der Waals surface area contributed by atoms with E-state index in [0.717, 1.165) is 0 Å². The van der Waals surface area contributed by atoms with Crippen LogP contribution in [0.2, 0.25) is 0 Å². The number of rotatable bonds is 1. The highest BCUT2D eigenvalue weighted by Gasteiger charge is 2.48. The minimum Gasteiger partial charge on any atom is -0.368 e. The van der Waals surface area contributed by atoms with Gasteiger partial charge in [-0.3, -0.25) is 4.90 Å². The molecule has 2 heteroatoms. The van der Waals surface area contributed by atoms with Crippen LogP contribution in [0.3, 0.4) is 0 Å². The van der Waals surface area contributed by atoms with Crippen molar-refractivity contribution < 1.29 is 4.74 Å². The highest BCUT2D eigenvalue weighted by Crippen LogP contribution is 2.40. The Morgan fingerprint density at radius 2 is 1.64 bits per heavy atom. The van der Waals surface area contributed by atoms with Gasteiger partial charge in [0.1, 0.15) is 0 Å². The van der Waals surface area contributed by atoms with Crippen molar-refractivity contribution in [2.75, 3.05) is 13.1 Å². The molecular weight excluding hydrogens is 174 g/mol. The van der Waals surface area contributed by atoms with Crippen molar-refractivity contribution in [1.82, 2.24) is 4.90 Å². The third-order valence-corrected chi connectivity index (χ3v) is 3.61. The van der Waals surface area contributed by atoms with Gasteiger partial charge in [0.2, 0.25) is 0 Å². The molecule has 0 aromatic rings. The molecule has 0 saturated carbocycles. The highest BCUT2D eigenvalue weighted by molar-refractivity contribution is 5.00. The molecule has 0 aliphatic carbocycles. The van der Waals surface area contributed by atoms with Crippen LogP contribution in [0.15, 0.2) is 0 Å². The van der Waals surface area contributed by atoms with Crippen LogP contribution in [-0.2, 0) is 4.74 Å². The average molecular weight is 197 g/mol. The molecule has 2 nitrogen and oxygen atoms in total. The fraction of sp³-hybridized carbons (Fsp3) is 1.00. The van der Waals surface area contributed by atoms with Crippen LogP contribution in [0.4, 0.5) is 0 Å². The fourth-order valence-electron chi connectivity index (χ4n) is 3.16. The van der Waals surface area contributed by atoms with E-state index in [1.807, 2.05) is 0 Å². The number of nitrogens with zero attached hydrogens (tertiary/aromatic N) is 1. The Hall–Kier alpha value is -0.0800. The van der Waals surface area contributed by atoms with Gasteiger partial charge < -0.3 is 4.74 Å². The van der Waals surface area contributed by atoms with Crippen LogP contribution in [0, 0.1) is 0 Å². The predicted octanol–water partition coefficient (Wildman–Crippen LogP) is 2.43. The Morgan fingerprint density at radius 3 is 2.07 bits per heavy atom. The van der Waals surface area contributed by atoms with Crippen molar-refractivity contribution in [3.05, 3.63) is 0 Å². The third-order valence-electron chi connectivity index (χ3n) is 3.61. The van der Waals surface area contributed by atoms with Gasteiger partial charge in [-0.25, -0.2) is 0 Å². The van der Waals surface area contributed by atoms with E-state index in [1.54, 1.807) is 0 Å². The number of hydrogen-bond donors (Lipinski definition) is 0. The molecule has 1 unspecified atom stereocenters. The molecule has 1 atom stereocenters. The molecule has 0 radical (unpaired) electrons. The van der Waals surface area contributed by atoms with Crippen LogP contribution in [0.1, 0.15) is 47.0 Å². The molecule has 14 heavy (non-hydrogen) atoms. The van der Waals surface area contributed by atoms with Gasteiger partial charge in [-0.2, -0.15) is 0 Å². The monoisotopic (exact) mass is 197 g/mol. The van der Waals surface area contributed by atoms with Gasteiger partial charge in [-0.15, -0.1) is 0 Å². The lowest BCUT2D eigenvalue weighted by atomic mass is 9.93. The molecule has 2 saturated heterocycles. The maximum atomic E-state index is 6.12. The van der Waals surface area contributed by atoms with Crippen molar-refractivity contribution in [3.8, 4) is 0 Å². The van der Waals surface area contributed by atoms with Crippen molar-refractivity contribution in [2.24, 2.45) is 0 Å². The normalized spacial score (nSPS) is 36.4. The summed E-state index contributed by atoms with van der Waals surface area (Å²) in [5.74, 6) is 0. The molecule has 0 N–H and O–H groups in total. The quantitative estimate of drug-likeness (QED) is 0.640. The van der Waals surface area contributed by atoms with Gasteiger partial charge >= 0.3 is 0 Å². The standard InChI is InChI=1S/C12H23NO/c1-11(2)9-10(12(3,4)14-11)13-7-5-6-8-13/h10H,5-9H2,1-4H3. The van der Waals surface area contributed by atoms with E-state index in [2.05, 4.69) is 32.6 Å². The first-order valence-electron chi connectivity index (χ1n) is 5.85. The molecule has 2 heterocycles. The minimum absolute atomic E-state index is 0.0356. The SMILES string of the molecule is CC1(C)CC(N2CCCC2)C(C)(C)O1. The van der Waals surface area contributed by atoms with Crippen molar-refractivity contribution in [3.63, 3.8) is 0 Å². The van der Waals surface area contributed by atoms with Gasteiger partial charge in [-0.05, 0) is 60.0 Å². The third kappa shape index (κ3) is 1.82. The Morgan fingerprint density at radius 1 is 1.07 bits per heavy atom. The smallest absolute Gasteiger partial charge is 0.0789 e. The summed E-state index contributed by atoms with van der Waals surface area (Å²) < 4.78 is 6.12. The van der Waals surface area contributed by atoms with Crippen molar-refractivity contribution in [2.45, 2.75) is 64.2 Å². The molecule has 0 aromatic carbocycles. The maximum absolute atomic E-state index is 6.12. The zero-order valence-corrected chi connectivity index (χ0v) is 9.97. The summed E-state index contributed by atoms with van der Waals surface area (Å²) in [6.07, 6.45) is 3.92. The molecule has 0 bridgehead atoms. The first kappa shape index (κ1) is 10.4. The summed E-state index contributed by atoms with van der Waals surface area (Å²) in [6, 6.07) is 0.625. The molecule has 0 spiro atoms. The molecule has 2 rings (SSSR count). The largest absolute Gasteiger partial charge is 0.368 e. The van der Waals surface area contributed by atoms with Gasteiger partial charge in [-0.1, -0.05) is 0 Å². The minimum atomic E-state index is 0.0356. The lowest BCUT2D eigenvalue weighted by Crippen LogP contribution is -2.45. The second kappa shape index (κ2) is 3.21. The fourth-order valence-corrected chi connectivity index (χ4v) is 3.16. The first-order chi connectivity index (χ1) is 6.41. The van der Waals surface area contributed by atoms with E-state index >= 15 is 0 Å². The summed E-state index contributed by atoms with van der Waals surface area (Å²) >= 11 is 0. The second-order valence-corrected chi connectivity index (χ2v) is 5.93. The highest BCUT2D eigenvalue weighted by atomic mass is 16.5. The molecule has 2 aliphatic rings. The summed E-state index contributed by atoms with van der Waals surface area (Å²) in [4.78, 5) is 2.62. The summed E-state index contributed by atoms with van der Waals surface area (Å²) in [6.45, 7) is 11.5. The number of hydrogen-bond acceptors (Lipinski definition) is 2. The number of ether oxygens (including phenoxy) is 1. The molecule has 2 fully saturated rings. The van der Waals surface area contributed by atoms with Crippen LogP contribution in [-0.4, -0.2) is 35.2 Å². The lowest BCUT2D eigenvalue weighted by molar-refractivity contribution is -0.0788. The van der Waals surface area contributed by atoms with Crippen LogP contribution < -0.4 is 0 Å². The molecule has 0 aromatic heterocycles. The molecule has 82 valence electrons. The van der Waals surface area contributed by atoms with E-state index in [9.17, 15) is 0 Å². The predicted molar refractivity (Wildman–Crippen MR) is 58.5 cm³/mol. The Kier molecular flexibility index (Phi) is 2.39. The maximum Gasteiger partial charge on any atom is 0.0789 e. The van der Waals surface area contributed by atoms with Crippen LogP contribution in [0.5, 0.6) is 0 Å². The van der Waals surface area contributed by atoms with Gasteiger partial charge in [0.05, 0.1) is 11.2 Å². The zero-order valence-electron chi connectivity index (χ0n) is 9.97. The topological polar surface area (TPSA) is 12.5 Å². The molecule has 2 aliphatic heterocycles. The van der Waals surface area contributed by atoms with E-state index < -0.39 is 0 Å². The van der Waals surface area contributed by atoms with Crippen molar-refractivity contribution >= 4 is 0 Å². The second-order valence-electron chi connectivity index (χ2n) is 5.93. The van der Waals surface area contributed by atoms with E-state index in [0.29, 0.717) is 6.04 Å². The van der Waals surface area contributed by atoms with E-state index in [-0.39, 0.29) is 11.2 Å². The summed E-state index contributed by atoms with van der Waals surface area (Å²) in [7, 11) is 0. The van der Waals surface area contributed by atoms with Crippen LogP contribution >= 0.6 is 0 Å². The molecular formula is C12H23NO. The lowest BCUT2D eigenvalue weighted by Gasteiger charge is -2.33. The summed E-state index contributed by atoms with van der Waals surface area (Å²) in [5.41, 5.74) is 0.102. The van der Waals surface area contributed by atoms with Gasteiger partial charge in [0.15, 0.2) is 0 Å². The van der Waals surface area contributed by atoms with E-state index in [4.69, 9.17) is 4.74 Å². The first-order valence-corrected chi connectivity index (χ1v) is 5.85. The van der Waals surface area contributed by atoms with Gasteiger partial charge in [0.25, 0.3) is 0 Å². The van der Waals surface area contributed by atoms with Crippen LogP contribution in [0.25, 0.3) is 0 Å². The Balaban J connectivity index is 2.11. The Bertz CT molecular complexity index is 216. The summed E-state index contributed by atoms with van der Waals surface area (Å²) in [5, 5.41) is 0. The number of likely N-dealkylation sites (tertiary alicyclic amines) is 1. The zero-order chi connectivity index (χ0) is 10.4. The average Bonchev–Trinajstić information content (AvgIpc) is 2.54. The van der Waals surface area contributed by atoms with Gasteiger partial charge in [0, 0.05) is 6.04 Å².